The van der Waals surface area contributed by atoms with E-state index in [1.165, 1.54) is 0 Å². The lowest BCUT2D eigenvalue weighted by molar-refractivity contribution is 0.0697. The molecular weight excluding hydrogens is 492 g/mol. The zero-order chi connectivity index (χ0) is 27.9. The third kappa shape index (κ3) is 6.12. The van der Waals surface area contributed by atoms with E-state index in [0.29, 0.717) is 24.2 Å². The van der Waals surface area contributed by atoms with Gasteiger partial charge in [-0.1, -0.05) is 37.6 Å². The van der Waals surface area contributed by atoms with Gasteiger partial charge in [-0.3, -0.25) is 9.47 Å². The summed E-state index contributed by atoms with van der Waals surface area (Å²) >= 11 is 0. The Hall–Kier alpha value is -4.17. The molecular formula is C31H36N4O4. The lowest BCUT2D eigenvalue weighted by atomic mass is 9.95. The van der Waals surface area contributed by atoms with E-state index >= 15 is 0 Å². The van der Waals surface area contributed by atoms with Crippen LogP contribution in [0.4, 0.5) is 10.5 Å². The van der Waals surface area contributed by atoms with Gasteiger partial charge in [0.1, 0.15) is 5.82 Å². The van der Waals surface area contributed by atoms with Gasteiger partial charge in [0.2, 0.25) is 0 Å². The summed E-state index contributed by atoms with van der Waals surface area (Å²) in [6, 6.07) is 18.3. The van der Waals surface area contributed by atoms with Crippen LogP contribution in [0.25, 0.3) is 27.8 Å². The molecule has 0 bridgehead atoms. The number of nitrogens with zero attached hydrogens (tertiary/aromatic N) is 3. The minimum absolute atomic E-state index is 0.127. The largest absolute Gasteiger partial charge is 0.478 e. The normalized spacial score (nSPS) is 11.2. The number of rotatable bonds is 12. The van der Waals surface area contributed by atoms with E-state index in [0.717, 1.165) is 65.8 Å². The number of urea groups is 1. The van der Waals surface area contributed by atoms with Crippen molar-refractivity contribution in [3.05, 3.63) is 77.6 Å². The molecule has 0 spiro atoms. The van der Waals surface area contributed by atoms with Crippen LogP contribution in [0.1, 0.15) is 60.8 Å². The number of imidazole rings is 1. The number of carboxylic acids is 1. The number of carbonyl (C=O) groups is 2. The van der Waals surface area contributed by atoms with Crippen LogP contribution in [0, 0.1) is 6.92 Å². The number of aliphatic hydroxyl groups excluding tert-OH is 1. The van der Waals surface area contributed by atoms with Crippen LogP contribution < -0.4 is 10.6 Å². The number of aryl methyl sites for hydroxylation is 2. The zero-order valence-electron chi connectivity index (χ0n) is 22.6. The average Bonchev–Trinajstić information content (AvgIpc) is 3.29. The Labute approximate surface area is 228 Å². The Balaban J connectivity index is 1.80. The summed E-state index contributed by atoms with van der Waals surface area (Å²) in [5, 5.41) is 18.8. The van der Waals surface area contributed by atoms with E-state index < -0.39 is 12.0 Å². The van der Waals surface area contributed by atoms with E-state index in [4.69, 9.17) is 15.8 Å². The van der Waals surface area contributed by atoms with Crippen molar-refractivity contribution in [3.8, 4) is 16.8 Å². The molecule has 8 heteroatoms. The summed E-state index contributed by atoms with van der Waals surface area (Å²) in [5.74, 6) is -0.0323. The molecule has 39 heavy (non-hydrogen) atoms. The summed E-state index contributed by atoms with van der Waals surface area (Å²) in [6.07, 6.45) is 5.04. The Morgan fingerprint density at radius 2 is 1.77 bits per heavy atom. The maximum atomic E-state index is 12.3. The highest BCUT2D eigenvalue weighted by atomic mass is 16.4. The quantitative estimate of drug-likeness (QED) is 0.192. The number of carboxylic acid groups (broad SMARTS) is 1. The molecule has 8 nitrogen and oxygen atoms in total. The second-order valence-corrected chi connectivity index (χ2v) is 9.76. The van der Waals surface area contributed by atoms with Crippen molar-refractivity contribution < 1.29 is 19.8 Å². The van der Waals surface area contributed by atoms with Crippen molar-refractivity contribution in [1.82, 2.24) is 9.55 Å². The minimum atomic E-state index is -0.959. The third-order valence-electron chi connectivity index (χ3n) is 6.99. The van der Waals surface area contributed by atoms with Gasteiger partial charge >= 0.3 is 12.0 Å². The van der Waals surface area contributed by atoms with Gasteiger partial charge in [0, 0.05) is 30.9 Å². The maximum Gasteiger partial charge on any atom is 0.336 e. The topological polar surface area (TPSA) is 122 Å². The molecule has 0 radical (unpaired) electrons. The van der Waals surface area contributed by atoms with Crippen LogP contribution in [-0.2, 0) is 6.42 Å². The van der Waals surface area contributed by atoms with Gasteiger partial charge in [0.25, 0.3) is 0 Å². The van der Waals surface area contributed by atoms with Crippen molar-refractivity contribution in [3.63, 3.8) is 0 Å². The Kier molecular flexibility index (Phi) is 8.99. The molecule has 0 aliphatic heterocycles. The van der Waals surface area contributed by atoms with Crippen molar-refractivity contribution in [2.45, 2.75) is 52.4 Å². The van der Waals surface area contributed by atoms with E-state index in [1.54, 1.807) is 17.0 Å². The van der Waals surface area contributed by atoms with E-state index in [2.05, 4.69) is 17.6 Å². The molecule has 1 heterocycles. The molecule has 3 aromatic carbocycles. The number of primary amides is 1. The molecule has 1 aromatic heterocycles. The van der Waals surface area contributed by atoms with Gasteiger partial charge in [0.15, 0.2) is 0 Å². The highest BCUT2D eigenvalue weighted by molar-refractivity contribution is 5.97. The fourth-order valence-corrected chi connectivity index (χ4v) is 4.99. The molecule has 0 unspecified atom stereocenters. The predicted octanol–water partition coefficient (Wildman–Crippen LogP) is 6.09. The second-order valence-electron chi connectivity index (χ2n) is 9.76. The van der Waals surface area contributed by atoms with Crippen molar-refractivity contribution >= 4 is 28.7 Å². The lowest BCUT2D eigenvalue weighted by Crippen LogP contribution is -2.36. The molecule has 0 fully saturated rings. The van der Waals surface area contributed by atoms with Gasteiger partial charge in [-0.05, 0) is 85.7 Å². The van der Waals surface area contributed by atoms with Crippen LogP contribution >= 0.6 is 0 Å². The van der Waals surface area contributed by atoms with Gasteiger partial charge < -0.3 is 15.9 Å². The van der Waals surface area contributed by atoms with Crippen molar-refractivity contribution in [1.29, 1.82) is 0 Å². The molecule has 4 N–H and O–H groups in total. The van der Waals surface area contributed by atoms with Crippen LogP contribution in [0.15, 0.2) is 60.7 Å². The Morgan fingerprint density at radius 1 is 0.974 bits per heavy atom. The number of fused-ring (bicyclic) bond motifs is 1. The van der Waals surface area contributed by atoms with Gasteiger partial charge in [0.05, 0.1) is 16.6 Å². The van der Waals surface area contributed by atoms with E-state index in [-0.39, 0.29) is 12.2 Å². The van der Waals surface area contributed by atoms with Crippen LogP contribution in [0.3, 0.4) is 0 Å². The molecule has 204 valence electrons. The number of amides is 2. The number of unbranched alkanes of at least 4 members (excludes halogenated alkanes) is 3. The van der Waals surface area contributed by atoms with Gasteiger partial charge in [-0.25, -0.2) is 14.6 Å². The number of hydrogen-bond donors (Lipinski definition) is 3. The molecule has 0 saturated heterocycles. The smallest absolute Gasteiger partial charge is 0.336 e. The number of aliphatic hydroxyl groups is 1. The molecule has 0 aliphatic carbocycles. The minimum Gasteiger partial charge on any atom is -0.478 e. The number of nitrogens with two attached hydrogens (primary N) is 1. The van der Waals surface area contributed by atoms with Crippen molar-refractivity contribution in [2.24, 2.45) is 5.73 Å². The number of aromatic carboxylic acids is 1. The number of anilines is 1. The SMILES string of the molecule is CCCCc1nc2ccc(N(CCCCCO)C(N)=O)cc2n1-c1ccc(-c2ccccc2C(=O)O)c(C)c1. The second kappa shape index (κ2) is 12.6. The molecule has 0 atom stereocenters. The molecule has 0 aliphatic rings. The van der Waals surface area contributed by atoms with Crippen molar-refractivity contribution in [2.75, 3.05) is 18.1 Å². The number of hydrogen-bond acceptors (Lipinski definition) is 4. The third-order valence-corrected chi connectivity index (χ3v) is 6.99. The Morgan fingerprint density at radius 3 is 2.46 bits per heavy atom. The van der Waals surface area contributed by atoms with E-state index in [1.807, 2.05) is 49.4 Å². The maximum absolute atomic E-state index is 12.3. The zero-order valence-corrected chi connectivity index (χ0v) is 22.6. The molecule has 4 rings (SSSR count). The molecule has 4 aromatic rings. The summed E-state index contributed by atoms with van der Waals surface area (Å²) < 4.78 is 2.12. The first-order valence-electron chi connectivity index (χ1n) is 13.5. The van der Waals surface area contributed by atoms with E-state index in [9.17, 15) is 14.7 Å². The monoisotopic (exact) mass is 528 g/mol. The highest BCUT2D eigenvalue weighted by Gasteiger charge is 2.19. The highest BCUT2D eigenvalue weighted by Crippen LogP contribution is 2.32. The first-order valence-corrected chi connectivity index (χ1v) is 13.5. The fourth-order valence-electron chi connectivity index (χ4n) is 4.99. The Bertz CT molecular complexity index is 1480. The molecule has 0 saturated carbocycles. The number of carbonyl (C=O) groups excluding carboxylic acids is 1. The first-order chi connectivity index (χ1) is 18.8. The molecule has 2 amide bonds. The number of aromatic nitrogens is 2. The average molecular weight is 529 g/mol. The fraction of sp³-hybridized carbons (Fsp3) is 0.323. The van der Waals surface area contributed by atoms with Gasteiger partial charge in [-0.2, -0.15) is 0 Å². The standard InChI is InChI=1S/C31H36N4O4/c1-3-4-12-29-33-27-16-14-22(34(31(32)39)17-8-5-9-18-36)20-28(27)35(29)23-13-15-24(21(2)19-23)25-10-6-7-11-26(25)30(37)38/h6-7,10-11,13-16,19-20,36H,3-5,8-9,12,17-18H2,1-2H3,(H2,32,39)(H,37,38). The predicted molar refractivity (Wildman–Crippen MR) is 155 cm³/mol. The summed E-state index contributed by atoms with van der Waals surface area (Å²) in [5.41, 5.74) is 11.8. The van der Waals surface area contributed by atoms with Gasteiger partial charge in [-0.15, -0.1) is 0 Å². The lowest BCUT2D eigenvalue weighted by Gasteiger charge is -2.21. The summed E-state index contributed by atoms with van der Waals surface area (Å²) in [4.78, 5) is 30.6. The first kappa shape index (κ1) is 27.9. The van der Waals surface area contributed by atoms with Crippen LogP contribution in [0.2, 0.25) is 0 Å². The van der Waals surface area contributed by atoms with Crippen LogP contribution in [0.5, 0.6) is 0 Å². The summed E-state index contributed by atoms with van der Waals surface area (Å²) in [7, 11) is 0. The number of benzene rings is 3. The summed E-state index contributed by atoms with van der Waals surface area (Å²) in [6.45, 7) is 4.72. The van der Waals surface area contributed by atoms with Crippen LogP contribution in [-0.4, -0.2) is 44.9 Å².